The van der Waals surface area contributed by atoms with Gasteiger partial charge in [-0.3, -0.25) is 4.79 Å². The zero-order chi connectivity index (χ0) is 14.3. The van der Waals surface area contributed by atoms with Crippen LogP contribution in [0.1, 0.15) is 23.7 Å². The lowest BCUT2D eigenvalue weighted by Gasteiger charge is -2.30. The molecule has 1 aromatic rings. The van der Waals surface area contributed by atoms with Crippen molar-refractivity contribution in [1.29, 1.82) is 0 Å². The Morgan fingerprint density at radius 2 is 2.30 bits per heavy atom. The maximum absolute atomic E-state index is 11.7. The van der Waals surface area contributed by atoms with E-state index in [0.29, 0.717) is 23.4 Å². The highest BCUT2D eigenvalue weighted by Gasteiger charge is 2.43. The predicted molar refractivity (Wildman–Crippen MR) is 83.9 cm³/mol. The Morgan fingerprint density at radius 3 is 3.00 bits per heavy atom. The molecule has 2 aliphatic rings. The lowest BCUT2D eigenvalue weighted by molar-refractivity contribution is 0.100. The Bertz CT molecular complexity index is 534. The standard InChI is InChI=1S/C15H20BrN3O/c1-2-13-12-7-18-6-9(12)8-19(13)14-5-10(16)3-4-11(14)15(17)20/h3-5,9,12-13,18H,2,6-8H2,1H3,(H2,17,20). The Hall–Kier alpha value is -1.07. The van der Waals surface area contributed by atoms with Gasteiger partial charge < -0.3 is 16.0 Å². The minimum Gasteiger partial charge on any atom is -0.367 e. The van der Waals surface area contributed by atoms with E-state index in [1.807, 2.05) is 18.2 Å². The quantitative estimate of drug-likeness (QED) is 0.886. The van der Waals surface area contributed by atoms with Crippen LogP contribution in [0.5, 0.6) is 0 Å². The van der Waals surface area contributed by atoms with Crippen molar-refractivity contribution in [2.24, 2.45) is 17.6 Å². The summed E-state index contributed by atoms with van der Waals surface area (Å²) in [5.74, 6) is 1.01. The van der Waals surface area contributed by atoms with Crippen LogP contribution in [-0.2, 0) is 0 Å². The van der Waals surface area contributed by atoms with Crippen molar-refractivity contribution in [2.45, 2.75) is 19.4 Å². The maximum atomic E-state index is 11.7. The average molecular weight is 338 g/mol. The summed E-state index contributed by atoms with van der Waals surface area (Å²) in [7, 11) is 0. The van der Waals surface area contributed by atoms with Gasteiger partial charge in [-0.15, -0.1) is 0 Å². The summed E-state index contributed by atoms with van der Waals surface area (Å²) in [5.41, 5.74) is 7.15. The number of nitrogens with one attached hydrogen (secondary N) is 1. The second-order valence-electron chi connectivity index (χ2n) is 5.74. The summed E-state index contributed by atoms with van der Waals surface area (Å²) in [6.07, 6.45) is 1.09. The van der Waals surface area contributed by atoms with Gasteiger partial charge in [-0.05, 0) is 36.5 Å². The lowest BCUT2D eigenvalue weighted by Crippen LogP contribution is -2.36. The number of primary amides is 1. The number of carbonyl (C=O) groups excluding carboxylic acids is 1. The molecule has 0 aromatic heterocycles. The van der Waals surface area contributed by atoms with Gasteiger partial charge in [0.25, 0.3) is 5.91 Å². The highest BCUT2D eigenvalue weighted by molar-refractivity contribution is 9.10. The van der Waals surface area contributed by atoms with E-state index in [-0.39, 0.29) is 5.91 Å². The summed E-state index contributed by atoms with van der Waals surface area (Å²) < 4.78 is 0.988. The zero-order valence-electron chi connectivity index (χ0n) is 11.6. The van der Waals surface area contributed by atoms with E-state index < -0.39 is 0 Å². The molecular formula is C15H20BrN3O. The summed E-state index contributed by atoms with van der Waals surface area (Å²) in [6, 6.07) is 6.21. The van der Waals surface area contributed by atoms with Gasteiger partial charge in [0.15, 0.2) is 0 Å². The van der Waals surface area contributed by atoms with Crippen LogP contribution in [0.4, 0.5) is 5.69 Å². The Balaban J connectivity index is 2.00. The molecule has 3 atom stereocenters. The normalized spacial score (nSPS) is 28.7. The largest absolute Gasteiger partial charge is 0.367 e. The third-order valence-electron chi connectivity index (χ3n) is 4.67. The average Bonchev–Trinajstić information content (AvgIpc) is 2.97. The number of rotatable bonds is 3. The van der Waals surface area contributed by atoms with Crippen LogP contribution in [0.15, 0.2) is 22.7 Å². The first kappa shape index (κ1) is 13.9. The predicted octanol–water partition coefficient (Wildman–Crippen LogP) is 1.98. The molecule has 1 amide bonds. The number of nitrogens with zero attached hydrogens (tertiary/aromatic N) is 1. The van der Waals surface area contributed by atoms with E-state index in [0.717, 1.165) is 36.2 Å². The number of benzene rings is 1. The van der Waals surface area contributed by atoms with Gasteiger partial charge in [-0.25, -0.2) is 0 Å². The molecular weight excluding hydrogens is 318 g/mol. The van der Waals surface area contributed by atoms with E-state index in [1.54, 1.807) is 0 Å². The van der Waals surface area contributed by atoms with E-state index in [2.05, 4.69) is 33.1 Å². The molecule has 0 radical (unpaired) electrons. The summed E-state index contributed by atoms with van der Waals surface area (Å²) >= 11 is 3.50. The zero-order valence-corrected chi connectivity index (χ0v) is 13.2. The van der Waals surface area contributed by atoms with Gasteiger partial charge in [-0.2, -0.15) is 0 Å². The van der Waals surface area contributed by atoms with Gasteiger partial charge in [0.05, 0.1) is 11.3 Å². The second kappa shape index (κ2) is 5.37. The molecule has 2 saturated heterocycles. The molecule has 3 rings (SSSR count). The molecule has 0 bridgehead atoms. The van der Waals surface area contributed by atoms with Crippen molar-refractivity contribution in [3.63, 3.8) is 0 Å². The Labute approximate surface area is 127 Å². The SMILES string of the molecule is CCC1C2CNCC2CN1c1cc(Br)ccc1C(N)=O. The van der Waals surface area contributed by atoms with Crippen molar-refractivity contribution >= 4 is 27.5 Å². The summed E-state index contributed by atoms with van der Waals surface area (Å²) in [6.45, 7) is 5.39. The molecule has 0 aliphatic carbocycles. The van der Waals surface area contributed by atoms with Crippen molar-refractivity contribution in [1.82, 2.24) is 5.32 Å². The van der Waals surface area contributed by atoms with Crippen LogP contribution in [0.2, 0.25) is 0 Å². The number of amides is 1. The Morgan fingerprint density at radius 1 is 1.50 bits per heavy atom. The van der Waals surface area contributed by atoms with Crippen molar-refractivity contribution in [3.05, 3.63) is 28.2 Å². The first-order valence-electron chi connectivity index (χ1n) is 7.18. The number of carbonyl (C=O) groups is 1. The van der Waals surface area contributed by atoms with Gasteiger partial charge in [-0.1, -0.05) is 22.9 Å². The lowest BCUT2D eigenvalue weighted by atomic mass is 9.92. The fourth-order valence-corrected chi connectivity index (χ4v) is 4.12. The van der Waals surface area contributed by atoms with Crippen LogP contribution >= 0.6 is 15.9 Å². The topological polar surface area (TPSA) is 58.4 Å². The molecule has 0 spiro atoms. The number of halogens is 1. The van der Waals surface area contributed by atoms with Crippen molar-refractivity contribution < 1.29 is 4.79 Å². The van der Waals surface area contributed by atoms with Crippen LogP contribution in [0.3, 0.4) is 0 Å². The third kappa shape index (κ3) is 2.23. The fraction of sp³-hybridized carbons (Fsp3) is 0.533. The van der Waals surface area contributed by atoms with Crippen LogP contribution in [0, 0.1) is 11.8 Å². The highest BCUT2D eigenvalue weighted by Crippen LogP contribution is 2.39. The van der Waals surface area contributed by atoms with Crippen LogP contribution < -0.4 is 16.0 Å². The number of hydrogen-bond donors (Lipinski definition) is 2. The number of nitrogens with two attached hydrogens (primary N) is 1. The molecule has 2 fully saturated rings. The smallest absolute Gasteiger partial charge is 0.250 e. The minimum absolute atomic E-state index is 0.350. The fourth-order valence-electron chi connectivity index (χ4n) is 3.77. The molecule has 20 heavy (non-hydrogen) atoms. The number of anilines is 1. The number of fused-ring (bicyclic) bond motifs is 1. The first-order chi connectivity index (χ1) is 9.61. The molecule has 0 saturated carbocycles. The van der Waals surface area contributed by atoms with Crippen molar-refractivity contribution in [3.8, 4) is 0 Å². The molecule has 3 unspecified atom stereocenters. The monoisotopic (exact) mass is 337 g/mol. The molecule has 2 heterocycles. The molecule has 108 valence electrons. The van der Waals surface area contributed by atoms with E-state index in [4.69, 9.17) is 5.73 Å². The maximum Gasteiger partial charge on any atom is 0.250 e. The summed E-state index contributed by atoms with van der Waals surface area (Å²) in [5, 5.41) is 3.48. The minimum atomic E-state index is -0.350. The van der Waals surface area contributed by atoms with Crippen LogP contribution in [-0.4, -0.2) is 31.6 Å². The van der Waals surface area contributed by atoms with Gasteiger partial charge in [0.1, 0.15) is 0 Å². The molecule has 1 aromatic carbocycles. The third-order valence-corrected chi connectivity index (χ3v) is 5.16. The second-order valence-corrected chi connectivity index (χ2v) is 6.65. The van der Waals surface area contributed by atoms with Gasteiger partial charge in [0, 0.05) is 30.1 Å². The number of hydrogen-bond acceptors (Lipinski definition) is 3. The van der Waals surface area contributed by atoms with E-state index >= 15 is 0 Å². The van der Waals surface area contributed by atoms with E-state index in [9.17, 15) is 4.79 Å². The first-order valence-corrected chi connectivity index (χ1v) is 7.97. The Kier molecular flexibility index (Phi) is 3.73. The highest BCUT2D eigenvalue weighted by atomic mass is 79.9. The van der Waals surface area contributed by atoms with E-state index in [1.165, 1.54) is 0 Å². The van der Waals surface area contributed by atoms with Gasteiger partial charge in [0.2, 0.25) is 0 Å². The van der Waals surface area contributed by atoms with Crippen molar-refractivity contribution in [2.75, 3.05) is 24.5 Å². The molecule has 5 heteroatoms. The molecule has 3 N–H and O–H groups in total. The molecule has 4 nitrogen and oxygen atoms in total. The van der Waals surface area contributed by atoms with Gasteiger partial charge >= 0.3 is 0 Å². The van der Waals surface area contributed by atoms with Crippen LogP contribution in [0.25, 0.3) is 0 Å². The summed E-state index contributed by atoms with van der Waals surface area (Å²) in [4.78, 5) is 14.1. The molecule has 2 aliphatic heterocycles.